The summed E-state index contributed by atoms with van der Waals surface area (Å²) < 4.78 is 7.27. The van der Waals surface area contributed by atoms with E-state index in [-0.39, 0.29) is 0 Å². The molecule has 0 bridgehead atoms. The Balaban J connectivity index is 2.83. The van der Waals surface area contributed by atoms with E-state index in [0.29, 0.717) is 6.17 Å². The third-order valence-corrected chi connectivity index (χ3v) is 1.46. The van der Waals surface area contributed by atoms with Crippen LogP contribution in [0.25, 0.3) is 10.9 Å². The van der Waals surface area contributed by atoms with Gasteiger partial charge in [-0.15, -0.1) is 0 Å². The summed E-state index contributed by atoms with van der Waals surface area (Å²) in [5, 5.41) is 1.09. The molecule has 10 heavy (non-hydrogen) atoms. The zero-order chi connectivity index (χ0) is 7.68. The molecule has 0 aliphatic heterocycles. The molecule has 48 valence electrons. The number of aromatic nitrogens is 1. The maximum atomic E-state index is 7.27. The highest BCUT2D eigenvalue weighted by Crippen LogP contribution is 2.07. The van der Waals surface area contributed by atoms with Crippen molar-refractivity contribution in [2.24, 2.45) is 0 Å². The van der Waals surface area contributed by atoms with Gasteiger partial charge in [0.05, 0.1) is 6.89 Å². The van der Waals surface area contributed by atoms with Crippen LogP contribution in [0.5, 0.6) is 0 Å². The van der Waals surface area contributed by atoms with Gasteiger partial charge in [-0.25, -0.2) is 0 Å². The summed E-state index contributed by atoms with van der Waals surface area (Å²) >= 11 is 0. The van der Waals surface area contributed by atoms with Crippen LogP contribution in [-0.2, 0) is 0 Å². The minimum Gasteiger partial charge on any atom is -0.256 e. The summed E-state index contributed by atoms with van der Waals surface area (Å²) in [7, 11) is 0. The molecule has 1 aromatic heterocycles. The molecule has 0 radical (unpaired) electrons. The molecular weight excluding hydrogens is 122 g/mol. The summed E-state index contributed by atoms with van der Waals surface area (Å²) in [5.41, 5.74) is 0.889. The van der Waals surface area contributed by atoms with Gasteiger partial charge in [-0.1, -0.05) is 24.3 Å². The molecule has 0 saturated heterocycles. The highest BCUT2D eigenvalue weighted by Gasteiger charge is 1.86. The van der Waals surface area contributed by atoms with Gasteiger partial charge in [0.15, 0.2) is 0 Å². The van der Waals surface area contributed by atoms with Crippen molar-refractivity contribution in [3.05, 3.63) is 42.6 Å². The fraction of sp³-hybridized carbons (Fsp3) is 0. The quantitative estimate of drug-likeness (QED) is 0.533. The Hall–Kier alpha value is -1.37. The number of rotatable bonds is 0. The van der Waals surface area contributed by atoms with E-state index in [4.69, 9.17) is 1.37 Å². The molecule has 0 aliphatic carbocycles. The summed E-state index contributed by atoms with van der Waals surface area (Å²) in [6.45, 7) is 0. The first-order valence-electron chi connectivity index (χ1n) is 3.69. The van der Waals surface area contributed by atoms with Gasteiger partial charge in [0, 0.05) is 11.6 Å². The number of benzene rings is 1. The molecule has 1 nitrogen and oxygen atoms in total. The Morgan fingerprint density at radius 1 is 1.10 bits per heavy atom. The second-order valence-electron chi connectivity index (χ2n) is 2.13. The molecule has 0 fully saturated rings. The Morgan fingerprint density at radius 2 is 1.90 bits per heavy atom. The minimum absolute atomic E-state index is 0.323. The van der Waals surface area contributed by atoms with Crippen LogP contribution in [0.1, 0.15) is 1.37 Å². The average Bonchev–Trinajstić information content (AvgIpc) is 2.04. The van der Waals surface area contributed by atoms with Crippen LogP contribution in [0.2, 0.25) is 0 Å². The number of para-hydroxylation sites is 1. The SMILES string of the molecule is [2H]c1ccc2ccccc2n1. The van der Waals surface area contributed by atoms with Crippen LogP contribution in [0.3, 0.4) is 0 Å². The Morgan fingerprint density at radius 3 is 2.90 bits per heavy atom. The van der Waals surface area contributed by atoms with E-state index in [2.05, 4.69) is 4.98 Å². The zero-order valence-corrected chi connectivity index (χ0v) is 5.41. The number of pyridine rings is 1. The van der Waals surface area contributed by atoms with Gasteiger partial charge in [-0.3, -0.25) is 4.98 Å². The van der Waals surface area contributed by atoms with Crippen LogP contribution < -0.4 is 0 Å². The fourth-order valence-corrected chi connectivity index (χ4v) is 0.964. The first-order valence-corrected chi connectivity index (χ1v) is 3.19. The Bertz CT molecular complexity index is 384. The maximum absolute atomic E-state index is 7.27. The van der Waals surface area contributed by atoms with Gasteiger partial charge in [0.1, 0.15) is 0 Å². The number of hydrogen-bond acceptors (Lipinski definition) is 1. The van der Waals surface area contributed by atoms with E-state index in [1.807, 2.05) is 30.3 Å². The number of hydrogen-bond donors (Lipinski definition) is 0. The maximum Gasteiger partial charge on any atom is 0.0840 e. The second-order valence-corrected chi connectivity index (χ2v) is 2.13. The molecule has 1 heteroatoms. The first kappa shape index (κ1) is 4.45. The van der Waals surface area contributed by atoms with Crippen molar-refractivity contribution in [2.45, 2.75) is 0 Å². The summed E-state index contributed by atoms with van der Waals surface area (Å²) in [4.78, 5) is 4.04. The van der Waals surface area contributed by atoms with Crippen LogP contribution in [0.15, 0.2) is 42.6 Å². The summed E-state index contributed by atoms with van der Waals surface area (Å²) in [6, 6.07) is 11.4. The van der Waals surface area contributed by atoms with Gasteiger partial charge in [0.2, 0.25) is 0 Å². The lowest BCUT2D eigenvalue weighted by molar-refractivity contribution is 1.41. The van der Waals surface area contributed by atoms with Crippen LogP contribution in [0, 0.1) is 0 Å². The highest BCUT2D eigenvalue weighted by atomic mass is 14.6. The van der Waals surface area contributed by atoms with Gasteiger partial charge in [0.25, 0.3) is 0 Å². The van der Waals surface area contributed by atoms with E-state index in [1.54, 1.807) is 6.07 Å². The highest BCUT2D eigenvalue weighted by molar-refractivity contribution is 5.77. The molecule has 0 unspecified atom stereocenters. The minimum atomic E-state index is 0.323. The predicted molar refractivity (Wildman–Crippen MR) is 41.7 cm³/mol. The Labute approximate surface area is 60.7 Å². The van der Waals surface area contributed by atoms with Gasteiger partial charge in [-0.2, -0.15) is 0 Å². The van der Waals surface area contributed by atoms with Crippen molar-refractivity contribution in [2.75, 3.05) is 0 Å². The molecular formula is C9H7N. The second kappa shape index (κ2) is 2.10. The molecule has 1 heterocycles. The molecule has 2 rings (SSSR count). The molecule has 0 N–H and O–H groups in total. The largest absolute Gasteiger partial charge is 0.256 e. The number of fused-ring (bicyclic) bond motifs is 1. The number of nitrogens with zero attached hydrogens (tertiary/aromatic N) is 1. The van der Waals surface area contributed by atoms with Crippen LogP contribution in [0.4, 0.5) is 0 Å². The lowest BCUT2D eigenvalue weighted by Crippen LogP contribution is -1.73. The van der Waals surface area contributed by atoms with E-state index >= 15 is 0 Å². The monoisotopic (exact) mass is 130 g/mol. The van der Waals surface area contributed by atoms with E-state index in [0.717, 1.165) is 10.9 Å². The van der Waals surface area contributed by atoms with Gasteiger partial charge in [-0.05, 0) is 12.1 Å². The van der Waals surface area contributed by atoms with E-state index in [9.17, 15) is 0 Å². The van der Waals surface area contributed by atoms with Crippen LogP contribution in [-0.4, -0.2) is 4.98 Å². The van der Waals surface area contributed by atoms with Crippen LogP contribution >= 0.6 is 0 Å². The normalized spacial score (nSPS) is 11.4. The first-order chi connectivity index (χ1) is 5.36. The topological polar surface area (TPSA) is 12.9 Å². The van der Waals surface area contributed by atoms with Gasteiger partial charge < -0.3 is 0 Å². The van der Waals surface area contributed by atoms with Crippen molar-refractivity contribution in [3.8, 4) is 0 Å². The standard InChI is InChI=1S/C9H7N/c1-2-6-9-8(4-1)5-3-7-10-9/h1-7H/i7D. The average molecular weight is 130 g/mol. The van der Waals surface area contributed by atoms with Crippen molar-refractivity contribution >= 4 is 10.9 Å². The molecule has 0 spiro atoms. The van der Waals surface area contributed by atoms with Crippen molar-refractivity contribution < 1.29 is 1.37 Å². The molecule has 0 amide bonds. The van der Waals surface area contributed by atoms with E-state index in [1.165, 1.54) is 0 Å². The predicted octanol–water partition coefficient (Wildman–Crippen LogP) is 2.23. The third kappa shape index (κ3) is 0.760. The molecule has 0 aliphatic rings. The van der Waals surface area contributed by atoms with Crippen molar-refractivity contribution in [1.82, 2.24) is 4.98 Å². The van der Waals surface area contributed by atoms with E-state index < -0.39 is 0 Å². The molecule has 0 atom stereocenters. The summed E-state index contributed by atoms with van der Waals surface area (Å²) in [5.74, 6) is 0. The van der Waals surface area contributed by atoms with Gasteiger partial charge >= 0.3 is 0 Å². The van der Waals surface area contributed by atoms with Crippen molar-refractivity contribution in [3.63, 3.8) is 0 Å². The fourth-order valence-electron chi connectivity index (χ4n) is 0.964. The summed E-state index contributed by atoms with van der Waals surface area (Å²) in [6.07, 6.45) is 0.323. The zero-order valence-electron chi connectivity index (χ0n) is 6.41. The Kier molecular flexibility index (Phi) is 0.935. The molecule has 1 aromatic carbocycles. The lowest BCUT2D eigenvalue weighted by Gasteiger charge is -1.91. The smallest absolute Gasteiger partial charge is 0.0840 e. The van der Waals surface area contributed by atoms with Crippen molar-refractivity contribution in [1.29, 1.82) is 0 Å². The molecule has 2 aromatic rings. The third-order valence-electron chi connectivity index (χ3n) is 1.46. The lowest BCUT2D eigenvalue weighted by atomic mass is 10.2. The molecule has 0 saturated carbocycles.